The monoisotopic (exact) mass is 686 g/mol. The molecule has 0 bridgehead atoms. The van der Waals surface area contributed by atoms with Gasteiger partial charge in [-0.15, -0.1) is 0 Å². The summed E-state index contributed by atoms with van der Waals surface area (Å²) in [7, 11) is 0. The predicted octanol–water partition coefficient (Wildman–Crippen LogP) is 12.9. The van der Waals surface area contributed by atoms with Gasteiger partial charge in [0.2, 0.25) is 5.95 Å². The van der Waals surface area contributed by atoms with Crippen LogP contribution < -0.4 is 0 Å². The maximum Gasteiger partial charge on any atom is 0.235 e. The fraction of sp³-hybridized carbons (Fsp3) is 0. The van der Waals surface area contributed by atoms with E-state index in [0.717, 1.165) is 33.2 Å². The van der Waals surface area contributed by atoms with Crippen molar-refractivity contribution in [2.75, 3.05) is 0 Å². The Hall–Kier alpha value is -7.30. The van der Waals surface area contributed by atoms with Crippen molar-refractivity contribution in [3.8, 4) is 39.5 Å². The van der Waals surface area contributed by atoms with Gasteiger partial charge in [-0.3, -0.25) is 4.57 Å². The second-order valence-corrected chi connectivity index (χ2v) is 14.1. The van der Waals surface area contributed by atoms with Gasteiger partial charge in [0.1, 0.15) is 0 Å². The fourth-order valence-corrected chi connectivity index (χ4v) is 8.96. The van der Waals surface area contributed by atoms with Gasteiger partial charge in [0.15, 0.2) is 0 Å². The number of hydrogen-bond acceptors (Lipinski definition) is 2. The van der Waals surface area contributed by atoms with E-state index >= 15 is 0 Å². The Balaban J connectivity index is 1.25. The number of nitrogens with zero attached hydrogens (tertiary/aromatic N) is 4. The highest BCUT2D eigenvalue weighted by molar-refractivity contribution is 6.35. The van der Waals surface area contributed by atoms with Crippen LogP contribution in [0, 0.1) is 0 Å². The normalized spacial score (nSPS) is 12.1. The third kappa shape index (κ3) is 4.02. The second-order valence-electron chi connectivity index (χ2n) is 14.1. The van der Waals surface area contributed by atoms with Gasteiger partial charge in [-0.25, -0.2) is 9.97 Å². The summed E-state index contributed by atoms with van der Waals surface area (Å²) >= 11 is 0. The van der Waals surface area contributed by atoms with E-state index in [4.69, 9.17) is 9.97 Å². The van der Waals surface area contributed by atoms with Crippen LogP contribution >= 0.6 is 0 Å². The molecule has 0 aliphatic rings. The van der Waals surface area contributed by atoms with Gasteiger partial charge >= 0.3 is 0 Å². The Labute approximate surface area is 310 Å². The van der Waals surface area contributed by atoms with Crippen LogP contribution in [0.15, 0.2) is 182 Å². The standard InChI is InChI=1S/C50H30N4/c1-3-14-31(15-4-1)32-26-28-34(29-27-32)47-37-19-7-10-22-41(37)51-50(52-47)54-44-25-13-21-35(33-16-5-2-6-17-33)45(44)40-30-39-36-18-8-11-23-42(36)53-43-24-12-9-20-38(43)46(48(39)53)49(40)54/h1-30H. The summed E-state index contributed by atoms with van der Waals surface area (Å²) < 4.78 is 4.79. The third-order valence-electron chi connectivity index (χ3n) is 11.3. The molecule has 0 spiro atoms. The van der Waals surface area contributed by atoms with E-state index < -0.39 is 0 Å². The molecule has 0 unspecified atom stereocenters. The van der Waals surface area contributed by atoms with Crippen LogP contribution in [0.5, 0.6) is 0 Å². The highest BCUT2D eigenvalue weighted by Gasteiger charge is 2.26. The zero-order chi connectivity index (χ0) is 35.3. The highest BCUT2D eigenvalue weighted by atomic mass is 15.2. The topological polar surface area (TPSA) is 35.1 Å². The molecule has 54 heavy (non-hydrogen) atoms. The molecule has 12 aromatic rings. The van der Waals surface area contributed by atoms with Crippen LogP contribution in [-0.4, -0.2) is 18.9 Å². The van der Waals surface area contributed by atoms with Crippen molar-refractivity contribution in [3.05, 3.63) is 182 Å². The average Bonchev–Trinajstić information content (AvgIpc) is 3.89. The lowest BCUT2D eigenvalue weighted by atomic mass is 9.97. The number of aromatic nitrogens is 4. The Morgan fingerprint density at radius 3 is 1.72 bits per heavy atom. The minimum absolute atomic E-state index is 0.656. The first-order valence-corrected chi connectivity index (χ1v) is 18.4. The Morgan fingerprint density at radius 2 is 0.944 bits per heavy atom. The van der Waals surface area contributed by atoms with E-state index in [0.29, 0.717) is 5.95 Å². The molecule has 0 radical (unpaired) electrons. The molecule has 0 amide bonds. The van der Waals surface area contributed by atoms with E-state index in [1.807, 2.05) is 0 Å². The van der Waals surface area contributed by atoms with Gasteiger partial charge < -0.3 is 4.40 Å². The molecule has 250 valence electrons. The van der Waals surface area contributed by atoms with Crippen molar-refractivity contribution < 1.29 is 0 Å². The molecule has 0 saturated heterocycles. The minimum Gasteiger partial charge on any atom is -0.308 e. The molecule has 12 rings (SSSR count). The molecule has 0 atom stereocenters. The highest BCUT2D eigenvalue weighted by Crippen LogP contribution is 2.48. The van der Waals surface area contributed by atoms with Crippen LogP contribution in [0.4, 0.5) is 0 Å². The summed E-state index contributed by atoms with van der Waals surface area (Å²) in [6.07, 6.45) is 0. The zero-order valence-corrected chi connectivity index (χ0v) is 29.1. The first-order valence-electron chi connectivity index (χ1n) is 18.4. The van der Waals surface area contributed by atoms with Crippen LogP contribution in [0.2, 0.25) is 0 Å². The molecule has 4 heterocycles. The lowest BCUT2D eigenvalue weighted by Crippen LogP contribution is -2.03. The number of benzene rings is 8. The molecular formula is C50H30N4. The Bertz CT molecular complexity index is 3410. The van der Waals surface area contributed by atoms with Gasteiger partial charge in [-0.2, -0.15) is 0 Å². The molecule has 0 fully saturated rings. The van der Waals surface area contributed by atoms with E-state index in [-0.39, 0.29) is 0 Å². The average molecular weight is 687 g/mol. The molecule has 8 aromatic carbocycles. The summed E-state index contributed by atoms with van der Waals surface area (Å²) in [5, 5.41) is 8.36. The van der Waals surface area contributed by atoms with Crippen LogP contribution in [0.25, 0.3) is 110 Å². The van der Waals surface area contributed by atoms with E-state index in [9.17, 15) is 0 Å². The fourth-order valence-electron chi connectivity index (χ4n) is 8.96. The molecule has 0 saturated carbocycles. The predicted molar refractivity (Wildman–Crippen MR) is 225 cm³/mol. The van der Waals surface area contributed by atoms with E-state index in [2.05, 4.69) is 191 Å². The molecule has 0 aliphatic heterocycles. The number of hydrogen-bond donors (Lipinski definition) is 0. The zero-order valence-electron chi connectivity index (χ0n) is 29.1. The summed E-state index contributed by atoms with van der Waals surface area (Å²) in [5.74, 6) is 0.656. The van der Waals surface area contributed by atoms with Crippen molar-refractivity contribution in [2.45, 2.75) is 0 Å². The molecular weight excluding hydrogens is 657 g/mol. The van der Waals surface area contributed by atoms with Crippen molar-refractivity contribution in [2.24, 2.45) is 0 Å². The van der Waals surface area contributed by atoms with Crippen molar-refractivity contribution in [1.29, 1.82) is 0 Å². The number of fused-ring (bicyclic) bond motifs is 11. The van der Waals surface area contributed by atoms with Crippen molar-refractivity contribution in [1.82, 2.24) is 18.9 Å². The third-order valence-corrected chi connectivity index (χ3v) is 11.3. The van der Waals surface area contributed by atoms with Gasteiger partial charge in [-0.1, -0.05) is 152 Å². The second kappa shape index (κ2) is 11.1. The summed E-state index contributed by atoms with van der Waals surface area (Å²) in [6.45, 7) is 0. The molecule has 0 aliphatic carbocycles. The van der Waals surface area contributed by atoms with Gasteiger partial charge in [-0.05, 0) is 52.6 Å². The minimum atomic E-state index is 0.656. The Morgan fingerprint density at radius 1 is 0.352 bits per heavy atom. The van der Waals surface area contributed by atoms with Crippen LogP contribution in [-0.2, 0) is 0 Å². The molecule has 4 aromatic heterocycles. The van der Waals surface area contributed by atoms with Crippen LogP contribution in [0.1, 0.15) is 0 Å². The van der Waals surface area contributed by atoms with Crippen LogP contribution in [0.3, 0.4) is 0 Å². The lowest BCUT2D eigenvalue weighted by molar-refractivity contribution is 1.02. The molecule has 4 nitrogen and oxygen atoms in total. The SMILES string of the molecule is c1ccc(-c2ccc(-c3nc(-n4c5cccc(-c6ccccc6)c5c5cc6c7ccccc7n7c8ccccc8c(c54)c67)nc4ccccc34)cc2)cc1. The lowest BCUT2D eigenvalue weighted by Gasteiger charge is -2.13. The summed E-state index contributed by atoms with van der Waals surface area (Å²) in [6, 6.07) is 65.1. The quantitative estimate of drug-likeness (QED) is 0.185. The molecule has 0 N–H and O–H groups in total. The first-order chi connectivity index (χ1) is 26.8. The Kier molecular flexibility index (Phi) is 6.02. The largest absolute Gasteiger partial charge is 0.308 e. The van der Waals surface area contributed by atoms with Gasteiger partial charge in [0, 0.05) is 43.3 Å². The number of rotatable bonds is 4. The maximum atomic E-state index is 5.53. The van der Waals surface area contributed by atoms with Gasteiger partial charge in [0.05, 0.1) is 38.8 Å². The molecule has 4 heteroatoms. The van der Waals surface area contributed by atoms with E-state index in [1.54, 1.807) is 0 Å². The van der Waals surface area contributed by atoms with Crippen molar-refractivity contribution >= 4 is 70.8 Å². The van der Waals surface area contributed by atoms with Crippen molar-refractivity contribution in [3.63, 3.8) is 0 Å². The number of para-hydroxylation sites is 3. The summed E-state index contributed by atoms with van der Waals surface area (Å²) in [5.41, 5.74) is 13.5. The maximum absolute atomic E-state index is 5.53. The van der Waals surface area contributed by atoms with E-state index in [1.165, 1.54) is 71.1 Å². The first kappa shape index (κ1) is 29.3. The smallest absolute Gasteiger partial charge is 0.235 e. The summed E-state index contributed by atoms with van der Waals surface area (Å²) in [4.78, 5) is 10.9. The van der Waals surface area contributed by atoms with Gasteiger partial charge in [0.25, 0.3) is 0 Å².